The van der Waals surface area contributed by atoms with Crippen molar-refractivity contribution in [2.24, 2.45) is 5.92 Å². The van der Waals surface area contributed by atoms with E-state index in [1.54, 1.807) is 0 Å². The predicted octanol–water partition coefficient (Wildman–Crippen LogP) is 1.10. The van der Waals surface area contributed by atoms with Crippen LogP contribution in [0.4, 0.5) is 0 Å². The summed E-state index contributed by atoms with van der Waals surface area (Å²) in [6, 6.07) is 2.16. The number of aromatic nitrogens is 2. The van der Waals surface area contributed by atoms with Crippen LogP contribution in [-0.4, -0.2) is 72.1 Å². The lowest BCUT2D eigenvalue weighted by Gasteiger charge is -2.29. The molecule has 5 heteroatoms. The minimum atomic E-state index is 0.846. The van der Waals surface area contributed by atoms with E-state index in [2.05, 4.69) is 32.6 Å². The summed E-state index contributed by atoms with van der Waals surface area (Å²) < 4.78 is 7.54. The Morgan fingerprint density at radius 3 is 2.90 bits per heavy atom. The van der Waals surface area contributed by atoms with E-state index in [4.69, 9.17) is 4.74 Å². The highest BCUT2D eigenvalue weighted by Crippen LogP contribution is 2.18. The Kier molecular flexibility index (Phi) is 5.27. The number of ether oxygens (including phenoxy) is 1. The molecule has 1 atom stereocenters. The first-order valence-electron chi connectivity index (χ1n) is 8.38. The Balaban J connectivity index is 1.40. The Hall–Kier alpha value is -0.910. The SMILES string of the molecule is CCn1nccc1CCN1CC[C@@H](CN2CCOCC2)C1. The van der Waals surface area contributed by atoms with E-state index in [9.17, 15) is 0 Å². The van der Waals surface area contributed by atoms with E-state index in [1.165, 1.54) is 38.3 Å². The highest BCUT2D eigenvalue weighted by atomic mass is 16.5. The van der Waals surface area contributed by atoms with Gasteiger partial charge in [0.25, 0.3) is 0 Å². The van der Waals surface area contributed by atoms with Crippen LogP contribution < -0.4 is 0 Å². The van der Waals surface area contributed by atoms with Crippen molar-refractivity contribution in [3.05, 3.63) is 18.0 Å². The van der Waals surface area contributed by atoms with Crippen LogP contribution in [0.1, 0.15) is 19.0 Å². The van der Waals surface area contributed by atoms with Gasteiger partial charge >= 0.3 is 0 Å². The van der Waals surface area contributed by atoms with Crippen LogP contribution in [0.5, 0.6) is 0 Å². The first-order valence-corrected chi connectivity index (χ1v) is 8.38. The monoisotopic (exact) mass is 292 g/mol. The molecular weight excluding hydrogens is 264 g/mol. The van der Waals surface area contributed by atoms with Crippen molar-refractivity contribution in [3.63, 3.8) is 0 Å². The van der Waals surface area contributed by atoms with E-state index in [0.29, 0.717) is 0 Å². The molecule has 1 aromatic rings. The normalized spacial score (nSPS) is 24.7. The van der Waals surface area contributed by atoms with Crippen molar-refractivity contribution in [2.45, 2.75) is 26.3 Å². The molecule has 5 nitrogen and oxygen atoms in total. The van der Waals surface area contributed by atoms with Crippen molar-refractivity contribution in [1.29, 1.82) is 0 Å². The van der Waals surface area contributed by atoms with E-state index >= 15 is 0 Å². The van der Waals surface area contributed by atoms with Crippen LogP contribution in [0.3, 0.4) is 0 Å². The number of morpholine rings is 1. The fourth-order valence-electron chi connectivity index (χ4n) is 3.54. The third-order valence-corrected chi connectivity index (χ3v) is 4.78. The van der Waals surface area contributed by atoms with Crippen molar-refractivity contribution in [1.82, 2.24) is 19.6 Å². The first-order chi connectivity index (χ1) is 10.3. The third kappa shape index (κ3) is 4.05. The van der Waals surface area contributed by atoms with E-state index in [-0.39, 0.29) is 0 Å². The maximum absolute atomic E-state index is 5.43. The summed E-state index contributed by atoms with van der Waals surface area (Å²) in [6.07, 6.45) is 4.40. The average molecular weight is 292 g/mol. The second-order valence-electron chi connectivity index (χ2n) is 6.26. The lowest BCUT2D eigenvalue weighted by molar-refractivity contribution is 0.0312. The van der Waals surface area contributed by atoms with Crippen molar-refractivity contribution in [2.75, 3.05) is 52.5 Å². The molecule has 2 aliphatic heterocycles. The minimum Gasteiger partial charge on any atom is -0.379 e. The molecule has 21 heavy (non-hydrogen) atoms. The van der Waals surface area contributed by atoms with E-state index in [0.717, 1.165) is 45.2 Å². The summed E-state index contributed by atoms with van der Waals surface area (Å²) in [5.41, 5.74) is 1.37. The second kappa shape index (κ2) is 7.38. The lowest BCUT2D eigenvalue weighted by Crippen LogP contribution is -2.40. The minimum absolute atomic E-state index is 0.846. The Labute approximate surface area is 127 Å². The molecule has 3 rings (SSSR count). The van der Waals surface area contributed by atoms with Crippen molar-refractivity contribution < 1.29 is 4.74 Å². The average Bonchev–Trinajstić information content (AvgIpc) is 3.15. The van der Waals surface area contributed by atoms with Gasteiger partial charge in [-0.25, -0.2) is 0 Å². The van der Waals surface area contributed by atoms with Gasteiger partial charge in [-0.3, -0.25) is 9.58 Å². The molecule has 1 aromatic heterocycles. The molecule has 0 saturated carbocycles. The molecule has 118 valence electrons. The lowest BCUT2D eigenvalue weighted by atomic mass is 10.1. The highest BCUT2D eigenvalue weighted by molar-refractivity contribution is 5.01. The Morgan fingerprint density at radius 2 is 2.10 bits per heavy atom. The van der Waals surface area contributed by atoms with Gasteiger partial charge in [0, 0.05) is 57.6 Å². The van der Waals surface area contributed by atoms with Gasteiger partial charge in [0.2, 0.25) is 0 Å². The van der Waals surface area contributed by atoms with Gasteiger partial charge in [-0.15, -0.1) is 0 Å². The number of hydrogen-bond donors (Lipinski definition) is 0. The van der Waals surface area contributed by atoms with Gasteiger partial charge < -0.3 is 9.64 Å². The quantitative estimate of drug-likeness (QED) is 0.786. The third-order valence-electron chi connectivity index (χ3n) is 4.78. The van der Waals surface area contributed by atoms with Gasteiger partial charge in [0.1, 0.15) is 0 Å². The number of hydrogen-bond acceptors (Lipinski definition) is 4. The smallest absolute Gasteiger partial charge is 0.0594 e. The summed E-state index contributed by atoms with van der Waals surface area (Å²) in [6.45, 7) is 12.1. The van der Waals surface area contributed by atoms with Crippen LogP contribution >= 0.6 is 0 Å². The zero-order chi connectivity index (χ0) is 14.5. The molecular formula is C16H28N4O. The summed E-state index contributed by atoms with van der Waals surface area (Å²) >= 11 is 0. The molecule has 0 amide bonds. The maximum atomic E-state index is 5.43. The standard InChI is InChI=1S/C16H28N4O/c1-2-20-16(3-6-17-20)5-8-18-7-4-15(13-18)14-19-9-11-21-12-10-19/h3,6,15H,2,4-5,7-14H2,1H3/t15-/m1/s1. The van der Waals surface area contributed by atoms with Gasteiger partial charge in [0.15, 0.2) is 0 Å². The fourth-order valence-corrected chi connectivity index (χ4v) is 3.54. The van der Waals surface area contributed by atoms with Gasteiger partial charge in [-0.05, 0) is 31.9 Å². The van der Waals surface area contributed by atoms with Gasteiger partial charge in [-0.1, -0.05) is 0 Å². The number of aryl methyl sites for hydroxylation is 1. The zero-order valence-electron chi connectivity index (χ0n) is 13.2. The number of nitrogens with zero attached hydrogens (tertiary/aromatic N) is 4. The number of likely N-dealkylation sites (tertiary alicyclic amines) is 1. The topological polar surface area (TPSA) is 33.5 Å². The molecule has 0 bridgehead atoms. The van der Waals surface area contributed by atoms with Crippen LogP contribution in [0, 0.1) is 5.92 Å². The first kappa shape index (κ1) is 15.0. The van der Waals surface area contributed by atoms with Crippen LogP contribution in [0.2, 0.25) is 0 Å². The van der Waals surface area contributed by atoms with E-state index < -0.39 is 0 Å². The molecule has 2 aliphatic rings. The molecule has 0 spiro atoms. The molecule has 0 N–H and O–H groups in total. The molecule has 0 radical (unpaired) electrons. The summed E-state index contributed by atoms with van der Waals surface area (Å²) in [4.78, 5) is 5.20. The van der Waals surface area contributed by atoms with Crippen molar-refractivity contribution >= 4 is 0 Å². The van der Waals surface area contributed by atoms with E-state index in [1.807, 2.05) is 6.20 Å². The Bertz CT molecular complexity index is 428. The molecule has 3 heterocycles. The van der Waals surface area contributed by atoms with Crippen LogP contribution in [0.25, 0.3) is 0 Å². The predicted molar refractivity (Wildman–Crippen MR) is 83.4 cm³/mol. The summed E-state index contributed by atoms with van der Waals surface area (Å²) in [5, 5.41) is 4.35. The molecule has 2 saturated heterocycles. The fraction of sp³-hybridized carbons (Fsp3) is 0.812. The van der Waals surface area contributed by atoms with Gasteiger partial charge in [-0.2, -0.15) is 5.10 Å². The summed E-state index contributed by atoms with van der Waals surface area (Å²) in [5.74, 6) is 0.846. The zero-order valence-corrected chi connectivity index (χ0v) is 13.2. The number of rotatable bonds is 6. The largest absolute Gasteiger partial charge is 0.379 e. The molecule has 2 fully saturated rings. The van der Waals surface area contributed by atoms with Crippen LogP contribution in [-0.2, 0) is 17.7 Å². The molecule has 0 unspecified atom stereocenters. The van der Waals surface area contributed by atoms with Crippen LogP contribution in [0.15, 0.2) is 12.3 Å². The maximum Gasteiger partial charge on any atom is 0.0594 e. The Morgan fingerprint density at radius 1 is 1.24 bits per heavy atom. The molecule has 0 aliphatic carbocycles. The summed E-state index contributed by atoms with van der Waals surface area (Å²) in [7, 11) is 0. The second-order valence-corrected chi connectivity index (χ2v) is 6.26. The highest BCUT2D eigenvalue weighted by Gasteiger charge is 2.25. The van der Waals surface area contributed by atoms with Gasteiger partial charge in [0.05, 0.1) is 13.2 Å². The molecule has 0 aromatic carbocycles. The van der Waals surface area contributed by atoms with Crippen molar-refractivity contribution in [3.8, 4) is 0 Å².